The van der Waals surface area contributed by atoms with Gasteiger partial charge in [-0.15, -0.1) is 0 Å². The van der Waals surface area contributed by atoms with Crippen molar-refractivity contribution in [1.82, 2.24) is 4.31 Å². The highest BCUT2D eigenvalue weighted by atomic mass is 79.9. The zero-order valence-electron chi connectivity index (χ0n) is 10.2. The summed E-state index contributed by atoms with van der Waals surface area (Å²) in [5.74, 6) is -1.11. The SMILES string of the molecule is Cc1cc(Br)c(C(=O)O)cc1NS(=O)(=O)N1CCC1. The molecule has 1 aromatic rings. The molecule has 1 heterocycles. The minimum absolute atomic E-state index is 0.0203. The van der Waals surface area contributed by atoms with Gasteiger partial charge in [-0.1, -0.05) is 0 Å². The highest BCUT2D eigenvalue weighted by Gasteiger charge is 2.28. The number of nitrogens with zero attached hydrogens (tertiary/aromatic N) is 1. The molecule has 2 N–H and O–H groups in total. The Balaban J connectivity index is 2.34. The number of aromatic carboxylic acids is 1. The van der Waals surface area contributed by atoms with Crippen LogP contribution in [-0.4, -0.2) is 36.9 Å². The highest BCUT2D eigenvalue weighted by Crippen LogP contribution is 2.27. The lowest BCUT2D eigenvalue weighted by Gasteiger charge is -2.30. The minimum Gasteiger partial charge on any atom is -0.478 e. The third-order valence-electron chi connectivity index (χ3n) is 2.94. The van der Waals surface area contributed by atoms with Gasteiger partial charge in [0.05, 0.1) is 11.3 Å². The largest absolute Gasteiger partial charge is 0.478 e. The molecule has 6 nitrogen and oxygen atoms in total. The molecular weight excluding hydrogens is 336 g/mol. The predicted molar refractivity (Wildman–Crippen MR) is 74.6 cm³/mol. The van der Waals surface area contributed by atoms with E-state index in [0.29, 0.717) is 23.1 Å². The van der Waals surface area contributed by atoms with Gasteiger partial charge in [-0.25, -0.2) is 4.79 Å². The summed E-state index contributed by atoms with van der Waals surface area (Å²) in [4.78, 5) is 11.0. The molecule has 0 spiro atoms. The van der Waals surface area contributed by atoms with Crippen LogP contribution in [0.2, 0.25) is 0 Å². The number of carbonyl (C=O) groups is 1. The van der Waals surface area contributed by atoms with Crippen molar-refractivity contribution < 1.29 is 18.3 Å². The number of nitrogens with one attached hydrogen (secondary N) is 1. The quantitative estimate of drug-likeness (QED) is 0.868. The van der Waals surface area contributed by atoms with Crippen LogP contribution in [0.1, 0.15) is 22.3 Å². The number of benzene rings is 1. The van der Waals surface area contributed by atoms with Crippen molar-refractivity contribution in [3.8, 4) is 0 Å². The van der Waals surface area contributed by atoms with E-state index in [-0.39, 0.29) is 11.3 Å². The van der Waals surface area contributed by atoms with Crippen LogP contribution in [0.4, 0.5) is 5.69 Å². The van der Waals surface area contributed by atoms with E-state index in [4.69, 9.17) is 5.11 Å². The standard InChI is InChI=1S/C11H13BrN2O4S/c1-7-5-9(12)8(11(15)16)6-10(7)13-19(17,18)14-3-2-4-14/h5-6,13H,2-4H2,1H3,(H,15,16). The Labute approximate surface area is 119 Å². The van der Waals surface area contributed by atoms with Gasteiger partial charge in [0.2, 0.25) is 0 Å². The van der Waals surface area contributed by atoms with Gasteiger partial charge in [0, 0.05) is 17.6 Å². The molecular formula is C11H13BrN2O4S. The molecule has 1 aromatic carbocycles. The minimum atomic E-state index is -3.58. The first-order valence-corrected chi connectivity index (χ1v) is 7.86. The second kappa shape index (κ2) is 5.10. The number of hydrogen-bond acceptors (Lipinski definition) is 3. The zero-order valence-corrected chi connectivity index (χ0v) is 12.6. The molecule has 0 atom stereocenters. The number of rotatable bonds is 4. The molecule has 0 aliphatic carbocycles. The van der Waals surface area contributed by atoms with Crippen molar-refractivity contribution >= 4 is 37.8 Å². The summed E-state index contributed by atoms with van der Waals surface area (Å²) in [6.45, 7) is 2.71. The average Bonchev–Trinajstić information content (AvgIpc) is 2.17. The Morgan fingerprint density at radius 1 is 1.42 bits per heavy atom. The summed E-state index contributed by atoms with van der Waals surface area (Å²) in [5.41, 5.74) is 0.959. The number of hydrogen-bond donors (Lipinski definition) is 2. The Morgan fingerprint density at radius 2 is 2.05 bits per heavy atom. The Kier molecular flexibility index (Phi) is 3.84. The molecule has 1 fully saturated rings. The number of carboxylic acids is 1. The first-order valence-electron chi connectivity index (χ1n) is 5.62. The summed E-state index contributed by atoms with van der Waals surface area (Å²) >= 11 is 3.15. The lowest BCUT2D eigenvalue weighted by atomic mass is 10.1. The van der Waals surface area contributed by atoms with Crippen LogP contribution in [0.3, 0.4) is 0 Å². The molecule has 19 heavy (non-hydrogen) atoms. The Bertz CT molecular complexity index is 626. The van der Waals surface area contributed by atoms with E-state index in [2.05, 4.69) is 20.7 Å². The zero-order chi connectivity index (χ0) is 14.2. The molecule has 2 rings (SSSR count). The first-order chi connectivity index (χ1) is 8.81. The molecule has 1 aliphatic heterocycles. The fourth-order valence-corrected chi connectivity index (χ4v) is 3.67. The monoisotopic (exact) mass is 348 g/mol. The third kappa shape index (κ3) is 2.90. The fourth-order valence-electron chi connectivity index (χ4n) is 1.68. The molecule has 0 radical (unpaired) electrons. The van der Waals surface area contributed by atoms with Gasteiger partial charge in [0.25, 0.3) is 0 Å². The van der Waals surface area contributed by atoms with Crippen molar-refractivity contribution in [3.63, 3.8) is 0 Å². The van der Waals surface area contributed by atoms with E-state index < -0.39 is 16.2 Å². The smallest absolute Gasteiger partial charge is 0.336 e. The second-order valence-corrected chi connectivity index (χ2v) is 6.84. The van der Waals surface area contributed by atoms with Gasteiger partial charge in [0.15, 0.2) is 0 Å². The van der Waals surface area contributed by atoms with E-state index in [1.54, 1.807) is 13.0 Å². The van der Waals surface area contributed by atoms with Crippen molar-refractivity contribution in [2.45, 2.75) is 13.3 Å². The summed E-state index contributed by atoms with van der Waals surface area (Å²) in [6, 6.07) is 2.90. The van der Waals surface area contributed by atoms with Crippen molar-refractivity contribution in [2.24, 2.45) is 0 Å². The fraction of sp³-hybridized carbons (Fsp3) is 0.364. The lowest BCUT2D eigenvalue weighted by Crippen LogP contribution is -2.45. The van der Waals surface area contributed by atoms with Crippen LogP contribution < -0.4 is 4.72 Å². The van der Waals surface area contributed by atoms with Crippen molar-refractivity contribution in [3.05, 3.63) is 27.7 Å². The maximum absolute atomic E-state index is 12.0. The number of anilines is 1. The van der Waals surface area contributed by atoms with Crippen LogP contribution in [0.15, 0.2) is 16.6 Å². The van der Waals surface area contributed by atoms with E-state index in [9.17, 15) is 13.2 Å². The third-order valence-corrected chi connectivity index (χ3v) is 5.12. The number of halogens is 1. The van der Waals surface area contributed by atoms with Gasteiger partial charge in [0.1, 0.15) is 0 Å². The summed E-state index contributed by atoms with van der Waals surface area (Å²) in [7, 11) is -3.58. The Morgan fingerprint density at radius 3 is 2.53 bits per heavy atom. The summed E-state index contributed by atoms with van der Waals surface area (Å²) in [5, 5.41) is 9.03. The molecule has 0 bridgehead atoms. The van der Waals surface area contributed by atoms with E-state index in [1.165, 1.54) is 10.4 Å². The molecule has 1 aliphatic rings. The topological polar surface area (TPSA) is 86.7 Å². The first kappa shape index (κ1) is 14.3. The second-order valence-electron chi connectivity index (χ2n) is 4.31. The van der Waals surface area contributed by atoms with Gasteiger partial charge in [-0.05, 0) is 47.0 Å². The average molecular weight is 349 g/mol. The number of carboxylic acid groups (broad SMARTS) is 1. The van der Waals surface area contributed by atoms with E-state index in [0.717, 1.165) is 6.42 Å². The van der Waals surface area contributed by atoms with Crippen molar-refractivity contribution in [2.75, 3.05) is 17.8 Å². The normalized spacial score (nSPS) is 15.9. The van der Waals surface area contributed by atoms with Crippen molar-refractivity contribution in [1.29, 1.82) is 0 Å². The maximum atomic E-state index is 12.0. The van der Waals surface area contributed by atoms with Crippen LogP contribution in [-0.2, 0) is 10.2 Å². The van der Waals surface area contributed by atoms with E-state index >= 15 is 0 Å². The van der Waals surface area contributed by atoms with Crippen LogP contribution in [0.25, 0.3) is 0 Å². The van der Waals surface area contributed by atoms with Gasteiger partial charge in [-0.3, -0.25) is 4.72 Å². The summed E-state index contributed by atoms with van der Waals surface area (Å²) in [6.07, 6.45) is 0.848. The van der Waals surface area contributed by atoms with Crippen LogP contribution in [0.5, 0.6) is 0 Å². The summed E-state index contributed by atoms with van der Waals surface area (Å²) < 4.78 is 28.1. The van der Waals surface area contributed by atoms with Crippen LogP contribution >= 0.6 is 15.9 Å². The molecule has 0 amide bonds. The lowest BCUT2D eigenvalue weighted by molar-refractivity contribution is 0.0696. The molecule has 104 valence electrons. The molecule has 8 heteroatoms. The molecule has 0 aromatic heterocycles. The van der Waals surface area contributed by atoms with Gasteiger partial charge >= 0.3 is 16.2 Å². The molecule has 0 unspecified atom stereocenters. The van der Waals surface area contributed by atoms with Gasteiger partial charge < -0.3 is 5.11 Å². The number of aryl methyl sites for hydroxylation is 1. The maximum Gasteiger partial charge on any atom is 0.336 e. The predicted octanol–water partition coefficient (Wildman–Crippen LogP) is 1.82. The molecule has 1 saturated heterocycles. The molecule has 0 saturated carbocycles. The highest BCUT2D eigenvalue weighted by molar-refractivity contribution is 9.10. The van der Waals surface area contributed by atoms with E-state index in [1.807, 2.05) is 0 Å². The van der Waals surface area contributed by atoms with Crippen LogP contribution in [0, 0.1) is 6.92 Å². The van der Waals surface area contributed by atoms with Gasteiger partial charge in [-0.2, -0.15) is 12.7 Å². The Hall–Kier alpha value is -1.12.